The van der Waals surface area contributed by atoms with Crippen LogP contribution < -0.4 is 20.2 Å². The van der Waals surface area contributed by atoms with Crippen molar-refractivity contribution in [2.45, 2.75) is 20.1 Å². The number of ether oxygens (including phenoxy) is 2. The van der Waals surface area contributed by atoms with Crippen molar-refractivity contribution in [1.29, 1.82) is 0 Å². The highest BCUT2D eigenvalue weighted by Crippen LogP contribution is 2.37. The van der Waals surface area contributed by atoms with E-state index in [1.165, 1.54) is 18.3 Å². The van der Waals surface area contributed by atoms with Gasteiger partial charge < -0.3 is 14.8 Å². The molecule has 0 heterocycles. The van der Waals surface area contributed by atoms with Crippen molar-refractivity contribution < 1.29 is 23.5 Å². The zero-order valence-corrected chi connectivity index (χ0v) is 21.0. The summed E-state index contributed by atoms with van der Waals surface area (Å²) >= 11 is 9.49. The summed E-state index contributed by atoms with van der Waals surface area (Å²) in [6, 6.07) is 16.9. The first-order valence-corrected chi connectivity index (χ1v) is 11.7. The second-order valence-corrected chi connectivity index (χ2v) is 8.38. The van der Waals surface area contributed by atoms with E-state index in [1.807, 2.05) is 30.3 Å². The fourth-order valence-corrected chi connectivity index (χ4v) is 3.75. The number of rotatable bonds is 9. The molecule has 0 fully saturated rings. The number of carbonyl (C=O) groups is 2. The molecule has 7 nitrogen and oxygen atoms in total. The van der Waals surface area contributed by atoms with Crippen LogP contribution in [0.1, 0.15) is 23.6 Å². The van der Waals surface area contributed by atoms with Gasteiger partial charge in [-0.15, -0.1) is 0 Å². The zero-order valence-electron chi connectivity index (χ0n) is 18.7. The molecule has 0 aliphatic rings. The molecule has 0 radical (unpaired) electrons. The molecule has 2 N–H and O–H groups in total. The zero-order chi connectivity index (χ0) is 25.2. The highest BCUT2D eigenvalue weighted by molar-refractivity contribution is 9.10. The van der Waals surface area contributed by atoms with Crippen LogP contribution in [0.25, 0.3) is 0 Å². The van der Waals surface area contributed by atoms with Gasteiger partial charge in [-0.1, -0.05) is 48.0 Å². The number of carbonyl (C=O) groups excluding carboxylic acids is 2. The number of nitrogens with one attached hydrogen (secondary N) is 2. The minimum absolute atomic E-state index is 0.105. The van der Waals surface area contributed by atoms with Crippen molar-refractivity contribution in [3.63, 3.8) is 0 Å². The highest BCUT2D eigenvalue weighted by Gasteiger charge is 2.15. The molecule has 3 rings (SSSR count). The first-order valence-electron chi connectivity index (χ1n) is 10.6. The van der Waals surface area contributed by atoms with Gasteiger partial charge in [-0.2, -0.15) is 5.10 Å². The Balaban J connectivity index is 1.64. The van der Waals surface area contributed by atoms with Gasteiger partial charge in [-0.05, 0) is 58.2 Å². The molecule has 3 aromatic carbocycles. The van der Waals surface area contributed by atoms with Crippen LogP contribution >= 0.6 is 27.5 Å². The van der Waals surface area contributed by atoms with Gasteiger partial charge in [-0.25, -0.2) is 9.82 Å². The number of hydrogen-bond donors (Lipinski definition) is 2. The van der Waals surface area contributed by atoms with E-state index in [0.29, 0.717) is 28.1 Å². The Morgan fingerprint density at radius 3 is 2.57 bits per heavy atom. The monoisotopic (exact) mass is 561 g/mol. The molecule has 0 aliphatic heterocycles. The molecule has 35 heavy (non-hydrogen) atoms. The molecule has 0 bridgehead atoms. The standard InChI is InChI=1S/C25H22BrClFN3O4/c1-2-34-22-12-17(11-19(26)23(22)35-15-18-20(27)9-6-10-21(18)28)14-30-31-25(33)24(32)29-13-16-7-4-3-5-8-16/h3-12,14H,2,13,15H2,1H3,(H,29,32)(H,31,33)/b30-14+. The lowest BCUT2D eigenvalue weighted by atomic mass is 10.2. The second-order valence-electron chi connectivity index (χ2n) is 7.12. The molecule has 182 valence electrons. The van der Waals surface area contributed by atoms with Gasteiger partial charge in [0.1, 0.15) is 12.4 Å². The van der Waals surface area contributed by atoms with Gasteiger partial charge in [0.25, 0.3) is 0 Å². The summed E-state index contributed by atoms with van der Waals surface area (Å²) in [5, 5.41) is 6.61. The molecule has 3 aromatic rings. The first-order chi connectivity index (χ1) is 16.9. The minimum Gasteiger partial charge on any atom is -0.490 e. The summed E-state index contributed by atoms with van der Waals surface area (Å²) in [5.74, 6) is -1.45. The van der Waals surface area contributed by atoms with Crippen LogP contribution in [0.3, 0.4) is 0 Å². The smallest absolute Gasteiger partial charge is 0.329 e. The van der Waals surface area contributed by atoms with E-state index in [-0.39, 0.29) is 23.7 Å². The van der Waals surface area contributed by atoms with E-state index in [2.05, 4.69) is 31.8 Å². The lowest BCUT2D eigenvalue weighted by Crippen LogP contribution is -2.37. The Morgan fingerprint density at radius 2 is 1.86 bits per heavy atom. The normalized spacial score (nSPS) is 10.7. The van der Waals surface area contributed by atoms with E-state index in [1.54, 1.807) is 25.1 Å². The summed E-state index contributed by atoms with van der Waals surface area (Å²) in [4.78, 5) is 23.9. The molecule has 0 atom stereocenters. The van der Waals surface area contributed by atoms with Crippen molar-refractivity contribution in [3.8, 4) is 11.5 Å². The molecule has 0 unspecified atom stereocenters. The number of benzene rings is 3. The summed E-state index contributed by atoms with van der Waals surface area (Å²) in [6.45, 7) is 2.27. The van der Waals surface area contributed by atoms with Crippen LogP contribution in [0, 0.1) is 5.82 Å². The fourth-order valence-electron chi connectivity index (χ4n) is 2.95. The number of hydrazone groups is 1. The fraction of sp³-hybridized carbons (Fsp3) is 0.160. The minimum atomic E-state index is -0.900. The third-order valence-corrected chi connectivity index (χ3v) is 5.58. The molecular formula is C25H22BrClFN3O4. The number of nitrogens with zero attached hydrogens (tertiary/aromatic N) is 1. The Labute approximate surface area is 215 Å². The van der Waals surface area contributed by atoms with Gasteiger partial charge in [0.15, 0.2) is 11.5 Å². The van der Waals surface area contributed by atoms with E-state index >= 15 is 0 Å². The quantitative estimate of drug-likeness (QED) is 0.219. The summed E-state index contributed by atoms with van der Waals surface area (Å²) in [6.07, 6.45) is 1.35. The van der Waals surface area contributed by atoms with Crippen LogP contribution in [0.4, 0.5) is 4.39 Å². The Bertz CT molecular complexity index is 1200. The van der Waals surface area contributed by atoms with Crippen molar-refractivity contribution in [2.24, 2.45) is 5.10 Å². The van der Waals surface area contributed by atoms with E-state index < -0.39 is 17.6 Å². The molecule has 0 saturated heterocycles. The van der Waals surface area contributed by atoms with Gasteiger partial charge >= 0.3 is 11.8 Å². The van der Waals surface area contributed by atoms with Gasteiger partial charge in [0.2, 0.25) is 0 Å². The second kappa shape index (κ2) is 12.9. The Kier molecular flexibility index (Phi) is 9.63. The Hall–Kier alpha value is -3.43. The Morgan fingerprint density at radius 1 is 1.09 bits per heavy atom. The van der Waals surface area contributed by atoms with Crippen molar-refractivity contribution in [2.75, 3.05) is 6.61 Å². The van der Waals surface area contributed by atoms with E-state index in [0.717, 1.165) is 5.56 Å². The third kappa shape index (κ3) is 7.53. The molecule has 0 aliphatic carbocycles. The largest absolute Gasteiger partial charge is 0.490 e. The predicted molar refractivity (Wildman–Crippen MR) is 135 cm³/mol. The predicted octanol–water partition coefficient (Wildman–Crippen LogP) is 4.99. The SMILES string of the molecule is CCOc1cc(/C=N/NC(=O)C(=O)NCc2ccccc2)cc(Br)c1OCc1c(F)cccc1Cl. The van der Waals surface area contributed by atoms with Crippen LogP contribution in [0.2, 0.25) is 5.02 Å². The lowest BCUT2D eigenvalue weighted by molar-refractivity contribution is -0.139. The molecule has 2 amide bonds. The van der Waals surface area contributed by atoms with Crippen LogP contribution in [-0.2, 0) is 22.7 Å². The van der Waals surface area contributed by atoms with Gasteiger partial charge in [-0.3, -0.25) is 9.59 Å². The average molecular weight is 563 g/mol. The van der Waals surface area contributed by atoms with Crippen molar-refractivity contribution in [1.82, 2.24) is 10.7 Å². The molecular weight excluding hydrogens is 541 g/mol. The van der Waals surface area contributed by atoms with E-state index in [9.17, 15) is 14.0 Å². The van der Waals surface area contributed by atoms with E-state index in [4.69, 9.17) is 21.1 Å². The maximum absolute atomic E-state index is 14.1. The number of hydrogen-bond acceptors (Lipinski definition) is 5. The number of amides is 2. The molecule has 0 aromatic heterocycles. The summed E-state index contributed by atoms with van der Waals surface area (Å²) < 4.78 is 26.0. The van der Waals surface area contributed by atoms with Crippen LogP contribution in [0.15, 0.2) is 70.2 Å². The summed E-state index contributed by atoms with van der Waals surface area (Å²) in [7, 11) is 0. The first kappa shape index (κ1) is 26.2. The molecule has 0 spiro atoms. The molecule has 0 saturated carbocycles. The van der Waals surface area contributed by atoms with Crippen molar-refractivity contribution in [3.05, 3.63) is 92.7 Å². The maximum Gasteiger partial charge on any atom is 0.329 e. The number of halogens is 3. The topological polar surface area (TPSA) is 89.0 Å². The van der Waals surface area contributed by atoms with Crippen molar-refractivity contribution >= 4 is 45.6 Å². The average Bonchev–Trinajstić information content (AvgIpc) is 2.84. The van der Waals surface area contributed by atoms with Crippen LogP contribution in [0.5, 0.6) is 11.5 Å². The molecule has 10 heteroatoms. The highest BCUT2D eigenvalue weighted by atomic mass is 79.9. The van der Waals surface area contributed by atoms with Crippen LogP contribution in [-0.4, -0.2) is 24.6 Å². The third-order valence-electron chi connectivity index (χ3n) is 4.64. The summed E-state index contributed by atoms with van der Waals surface area (Å²) in [5.41, 5.74) is 3.83. The maximum atomic E-state index is 14.1. The van der Waals surface area contributed by atoms with Gasteiger partial charge in [0.05, 0.1) is 22.3 Å². The van der Waals surface area contributed by atoms with Gasteiger partial charge in [0, 0.05) is 12.1 Å². The lowest BCUT2D eigenvalue weighted by Gasteiger charge is -2.15.